The number of aromatic amines is 1. The van der Waals surface area contributed by atoms with E-state index in [1.54, 1.807) is 6.20 Å². The number of carboxylic acid groups (broad SMARTS) is 1. The van der Waals surface area contributed by atoms with E-state index in [-0.39, 0.29) is 18.2 Å². The maximum Gasteiger partial charge on any atom is 0.326 e. The fraction of sp³-hybridized carbons (Fsp3) is 0.400. The van der Waals surface area contributed by atoms with Crippen molar-refractivity contribution in [2.45, 2.75) is 63.7 Å². The van der Waals surface area contributed by atoms with Gasteiger partial charge in [-0.05, 0) is 42.4 Å². The average molecular weight is 548 g/mol. The highest BCUT2D eigenvalue weighted by molar-refractivity contribution is 5.95. The molecule has 1 saturated heterocycles. The molecule has 1 fully saturated rings. The molecule has 3 aromatic rings. The van der Waals surface area contributed by atoms with Crippen molar-refractivity contribution in [3.05, 3.63) is 71.9 Å². The number of nitrogens with zero attached hydrogens (tertiary/aromatic N) is 1. The van der Waals surface area contributed by atoms with Crippen LogP contribution in [0.4, 0.5) is 0 Å². The molecule has 4 atom stereocenters. The maximum absolute atomic E-state index is 13.6. The predicted molar refractivity (Wildman–Crippen MR) is 151 cm³/mol. The smallest absolute Gasteiger partial charge is 0.326 e. The number of para-hydroxylation sites is 1. The molecule has 212 valence electrons. The lowest BCUT2D eigenvalue weighted by molar-refractivity contribution is -0.145. The summed E-state index contributed by atoms with van der Waals surface area (Å²) in [7, 11) is 0. The molecule has 10 heteroatoms. The summed E-state index contributed by atoms with van der Waals surface area (Å²) in [5.74, 6) is -2.75. The molecule has 2 aromatic carbocycles. The summed E-state index contributed by atoms with van der Waals surface area (Å²) in [6, 6.07) is 13.2. The first-order chi connectivity index (χ1) is 19.2. The van der Waals surface area contributed by atoms with Crippen LogP contribution in [0.1, 0.15) is 37.8 Å². The molecule has 0 spiro atoms. The normalized spacial score (nSPS) is 17.4. The lowest BCUT2D eigenvalue weighted by atomic mass is 10.00. The molecule has 10 nitrogen and oxygen atoms in total. The highest BCUT2D eigenvalue weighted by atomic mass is 16.4. The van der Waals surface area contributed by atoms with E-state index in [0.717, 1.165) is 22.0 Å². The molecule has 0 radical (unpaired) electrons. The molecule has 1 aliphatic heterocycles. The lowest BCUT2D eigenvalue weighted by Crippen LogP contribution is -2.58. The van der Waals surface area contributed by atoms with Crippen LogP contribution in [-0.4, -0.2) is 69.4 Å². The predicted octanol–water partition coefficient (Wildman–Crippen LogP) is 1.98. The third-order valence-electron chi connectivity index (χ3n) is 7.42. The van der Waals surface area contributed by atoms with E-state index in [1.165, 1.54) is 4.90 Å². The number of hydrogen-bond donors (Lipinski definition) is 5. The summed E-state index contributed by atoms with van der Waals surface area (Å²) < 4.78 is 0. The van der Waals surface area contributed by atoms with E-state index in [4.69, 9.17) is 5.73 Å². The molecule has 2 heterocycles. The minimum absolute atomic E-state index is 0.0930. The molecule has 4 unspecified atom stereocenters. The van der Waals surface area contributed by atoms with Crippen molar-refractivity contribution in [3.8, 4) is 0 Å². The number of aliphatic carboxylic acids is 1. The van der Waals surface area contributed by atoms with E-state index in [2.05, 4.69) is 15.6 Å². The quantitative estimate of drug-likeness (QED) is 0.247. The zero-order valence-corrected chi connectivity index (χ0v) is 22.8. The van der Waals surface area contributed by atoms with Crippen LogP contribution in [0.3, 0.4) is 0 Å². The molecule has 6 N–H and O–H groups in total. The molecule has 1 aliphatic rings. The molecule has 4 rings (SSSR count). The summed E-state index contributed by atoms with van der Waals surface area (Å²) in [5.41, 5.74) is 8.71. The second-order valence-electron chi connectivity index (χ2n) is 10.7. The van der Waals surface area contributed by atoms with Crippen LogP contribution >= 0.6 is 0 Å². The topological polar surface area (TPSA) is 158 Å². The van der Waals surface area contributed by atoms with Crippen molar-refractivity contribution in [1.82, 2.24) is 20.5 Å². The number of carbonyl (C=O) groups excluding carboxylic acids is 3. The van der Waals surface area contributed by atoms with Gasteiger partial charge in [-0.1, -0.05) is 62.4 Å². The van der Waals surface area contributed by atoms with Gasteiger partial charge in [-0.15, -0.1) is 0 Å². The Morgan fingerprint density at radius 2 is 1.73 bits per heavy atom. The van der Waals surface area contributed by atoms with E-state index in [9.17, 15) is 24.3 Å². The molecule has 0 bridgehead atoms. The summed E-state index contributed by atoms with van der Waals surface area (Å²) in [6.07, 6.45) is 3.17. The minimum Gasteiger partial charge on any atom is -0.480 e. The molecule has 1 aromatic heterocycles. The zero-order chi connectivity index (χ0) is 28.8. The van der Waals surface area contributed by atoms with Crippen molar-refractivity contribution >= 4 is 34.6 Å². The summed E-state index contributed by atoms with van der Waals surface area (Å²) in [6.45, 7) is 3.98. The van der Waals surface area contributed by atoms with Crippen molar-refractivity contribution in [2.24, 2.45) is 11.7 Å². The summed E-state index contributed by atoms with van der Waals surface area (Å²) in [5, 5.41) is 16.2. The Morgan fingerprint density at radius 1 is 1.02 bits per heavy atom. The summed E-state index contributed by atoms with van der Waals surface area (Å²) >= 11 is 0. The van der Waals surface area contributed by atoms with E-state index in [0.29, 0.717) is 25.8 Å². The minimum atomic E-state index is -1.17. The monoisotopic (exact) mass is 547 g/mol. The Balaban J connectivity index is 1.42. The van der Waals surface area contributed by atoms with Crippen LogP contribution in [0.5, 0.6) is 0 Å². The number of carbonyl (C=O) groups is 4. The first-order valence-electron chi connectivity index (χ1n) is 13.6. The second kappa shape index (κ2) is 12.8. The second-order valence-corrected chi connectivity index (χ2v) is 10.7. The van der Waals surface area contributed by atoms with Gasteiger partial charge < -0.3 is 31.4 Å². The Hall–Kier alpha value is -4.18. The number of aromatic nitrogens is 1. The van der Waals surface area contributed by atoms with Gasteiger partial charge in [0, 0.05) is 30.1 Å². The number of nitrogens with one attached hydrogen (secondary N) is 3. The first-order valence-corrected chi connectivity index (χ1v) is 13.6. The zero-order valence-electron chi connectivity index (χ0n) is 22.8. The lowest BCUT2D eigenvalue weighted by Gasteiger charge is -2.31. The fourth-order valence-corrected chi connectivity index (χ4v) is 5.20. The molecular formula is C30H37N5O5. The van der Waals surface area contributed by atoms with Crippen LogP contribution in [0, 0.1) is 5.92 Å². The number of H-pyrrole nitrogens is 1. The van der Waals surface area contributed by atoms with Crippen LogP contribution < -0.4 is 16.4 Å². The number of benzene rings is 2. The van der Waals surface area contributed by atoms with Crippen molar-refractivity contribution in [2.75, 3.05) is 6.54 Å². The van der Waals surface area contributed by atoms with Gasteiger partial charge in [-0.25, -0.2) is 4.79 Å². The molecule has 40 heavy (non-hydrogen) atoms. The van der Waals surface area contributed by atoms with Gasteiger partial charge in [0.1, 0.15) is 18.1 Å². The standard InChI is InChI=1S/C30H37N5O5/c1-18(2)26(34-27(36)22(31)15-19-9-4-3-5-10-19)29(38)35-14-8-13-25(35)28(37)33-24(30(39)40)16-20-17-32-23-12-7-6-11-21(20)23/h3-7,9-12,17-18,22,24-26,32H,8,13-16,31H2,1-2H3,(H,33,37)(H,34,36)(H,39,40). The fourth-order valence-electron chi connectivity index (χ4n) is 5.20. The average Bonchev–Trinajstić information content (AvgIpc) is 3.59. The number of carboxylic acids is 1. The van der Waals surface area contributed by atoms with E-state index >= 15 is 0 Å². The third kappa shape index (κ3) is 6.69. The molecule has 3 amide bonds. The van der Waals surface area contributed by atoms with Crippen LogP contribution in [-0.2, 0) is 32.0 Å². The number of fused-ring (bicyclic) bond motifs is 1. The Labute approximate surface area is 233 Å². The number of nitrogens with two attached hydrogens (primary N) is 1. The molecular weight excluding hydrogens is 510 g/mol. The SMILES string of the molecule is CC(C)C(NC(=O)C(N)Cc1ccccc1)C(=O)N1CCCC1C(=O)NC(Cc1c[nH]c2ccccc12)C(=O)O. The number of amides is 3. The Kier molecular flexibility index (Phi) is 9.21. The van der Waals surface area contributed by atoms with Crippen molar-refractivity contribution in [1.29, 1.82) is 0 Å². The van der Waals surface area contributed by atoms with Gasteiger partial charge in [0.25, 0.3) is 0 Å². The van der Waals surface area contributed by atoms with Gasteiger partial charge >= 0.3 is 5.97 Å². The maximum atomic E-state index is 13.6. The summed E-state index contributed by atoms with van der Waals surface area (Å²) in [4.78, 5) is 56.5. The van der Waals surface area contributed by atoms with Crippen molar-refractivity contribution in [3.63, 3.8) is 0 Å². The van der Waals surface area contributed by atoms with Gasteiger partial charge in [0.15, 0.2) is 0 Å². The molecule has 0 aliphatic carbocycles. The Bertz CT molecular complexity index is 1350. The van der Waals surface area contributed by atoms with Gasteiger partial charge in [-0.3, -0.25) is 14.4 Å². The highest BCUT2D eigenvalue weighted by Crippen LogP contribution is 2.22. The molecule has 0 saturated carbocycles. The third-order valence-corrected chi connectivity index (χ3v) is 7.42. The largest absolute Gasteiger partial charge is 0.480 e. The van der Waals surface area contributed by atoms with Crippen LogP contribution in [0.25, 0.3) is 10.9 Å². The first kappa shape index (κ1) is 28.8. The van der Waals surface area contributed by atoms with Gasteiger partial charge in [0.05, 0.1) is 6.04 Å². The van der Waals surface area contributed by atoms with E-state index in [1.807, 2.05) is 68.4 Å². The van der Waals surface area contributed by atoms with Gasteiger partial charge in [-0.2, -0.15) is 0 Å². The van der Waals surface area contributed by atoms with E-state index < -0.39 is 42.0 Å². The van der Waals surface area contributed by atoms with Crippen LogP contribution in [0.2, 0.25) is 0 Å². The number of hydrogen-bond acceptors (Lipinski definition) is 5. The van der Waals surface area contributed by atoms with Gasteiger partial charge in [0.2, 0.25) is 17.7 Å². The van der Waals surface area contributed by atoms with Crippen LogP contribution in [0.15, 0.2) is 60.8 Å². The Morgan fingerprint density at radius 3 is 2.42 bits per heavy atom. The number of likely N-dealkylation sites (tertiary alicyclic amines) is 1. The van der Waals surface area contributed by atoms with Crippen molar-refractivity contribution < 1.29 is 24.3 Å². The number of rotatable bonds is 11. The highest BCUT2D eigenvalue weighted by Gasteiger charge is 2.40.